The molecule has 0 aliphatic heterocycles. The van der Waals surface area contributed by atoms with E-state index in [0.29, 0.717) is 16.8 Å². The maximum Gasteiger partial charge on any atom is 0.182 e. The largest absolute Gasteiger partial charge is 0.397 e. The van der Waals surface area contributed by atoms with Gasteiger partial charge in [-0.05, 0) is 18.2 Å². The number of benzene rings is 2. The fourth-order valence-electron chi connectivity index (χ4n) is 1.44. The molecule has 0 saturated carbocycles. The topological polar surface area (TPSA) is 38.0 Å². The number of rotatable bonds is 2. The van der Waals surface area contributed by atoms with Gasteiger partial charge in [0.15, 0.2) is 11.6 Å². The van der Waals surface area contributed by atoms with Gasteiger partial charge in [0, 0.05) is 17.2 Å². The summed E-state index contributed by atoms with van der Waals surface area (Å²) < 4.78 is 39.4. The molecule has 0 amide bonds. The summed E-state index contributed by atoms with van der Waals surface area (Å²) in [4.78, 5) is 0. The lowest BCUT2D eigenvalue weighted by Crippen LogP contribution is -2.00. The van der Waals surface area contributed by atoms with Gasteiger partial charge in [0.25, 0.3) is 0 Å². The second kappa shape index (κ2) is 4.78. The lowest BCUT2D eigenvalue weighted by Gasteiger charge is -2.11. The highest BCUT2D eigenvalue weighted by Gasteiger charge is 2.12. The molecular weight excluding hydrogens is 265 g/mol. The molecule has 0 aromatic heterocycles. The Morgan fingerprint density at radius 1 is 1.00 bits per heavy atom. The van der Waals surface area contributed by atoms with Crippen LogP contribution in [-0.2, 0) is 0 Å². The summed E-state index contributed by atoms with van der Waals surface area (Å²) >= 11 is 5.70. The first-order chi connectivity index (χ1) is 8.47. The Hall–Kier alpha value is -1.88. The first-order valence-corrected chi connectivity index (χ1v) is 5.32. The molecule has 0 saturated heterocycles. The Morgan fingerprint density at radius 3 is 2.39 bits per heavy atom. The van der Waals surface area contributed by atoms with E-state index in [0.717, 1.165) is 6.07 Å². The van der Waals surface area contributed by atoms with Gasteiger partial charge < -0.3 is 11.1 Å². The van der Waals surface area contributed by atoms with Crippen molar-refractivity contribution in [3.8, 4) is 0 Å². The van der Waals surface area contributed by atoms with Crippen LogP contribution in [0.25, 0.3) is 0 Å². The first-order valence-electron chi connectivity index (χ1n) is 4.94. The summed E-state index contributed by atoms with van der Waals surface area (Å²) in [5.74, 6) is -3.33. The third-order valence-electron chi connectivity index (χ3n) is 2.28. The van der Waals surface area contributed by atoms with Crippen LogP contribution in [0.15, 0.2) is 30.3 Å². The smallest absolute Gasteiger partial charge is 0.182 e. The number of hydrogen-bond donors (Lipinski definition) is 2. The van der Waals surface area contributed by atoms with E-state index in [1.165, 1.54) is 18.2 Å². The van der Waals surface area contributed by atoms with E-state index in [-0.39, 0.29) is 11.4 Å². The summed E-state index contributed by atoms with van der Waals surface area (Å²) in [5.41, 5.74) is 5.86. The van der Waals surface area contributed by atoms with Crippen LogP contribution in [0.2, 0.25) is 5.02 Å². The molecule has 0 bridgehead atoms. The highest BCUT2D eigenvalue weighted by Crippen LogP contribution is 2.28. The minimum Gasteiger partial charge on any atom is -0.397 e. The second-order valence-corrected chi connectivity index (χ2v) is 4.04. The van der Waals surface area contributed by atoms with Gasteiger partial charge >= 0.3 is 0 Å². The molecule has 0 unspecified atom stereocenters. The number of halogens is 4. The highest BCUT2D eigenvalue weighted by molar-refractivity contribution is 6.31. The van der Waals surface area contributed by atoms with Crippen molar-refractivity contribution in [1.29, 1.82) is 0 Å². The minimum atomic E-state index is -1.27. The summed E-state index contributed by atoms with van der Waals surface area (Å²) in [5, 5.41) is 2.92. The fraction of sp³-hybridized carbons (Fsp3) is 0. The zero-order chi connectivity index (χ0) is 13.3. The van der Waals surface area contributed by atoms with Crippen molar-refractivity contribution in [3.63, 3.8) is 0 Å². The Balaban J connectivity index is 2.40. The lowest BCUT2D eigenvalue weighted by molar-refractivity contribution is 0.498. The Kier molecular flexibility index (Phi) is 3.34. The average molecular weight is 273 g/mol. The van der Waals surface area contributed by atoms with Crippen molar-refractivity contribution in [1.82, 2.24) is 0 Å². The average Bonchev–Trinajstić information content (AvgIpc) is 2.29. The van der Waals surface area contributed by atoms with Gasteiger partial charge in [0.2, 0.25) is 0 Å². The van der Waals surface area contributed by atoms with E-state index in [2.05, 4.69) is 5.32 Å². The predicted octanol–water partition coefficient (Wildman–Crippen LogP) is 4.08. The van der Waals surface area contributed by atoms with Gasteiger partial charge in [-0.2, -0.15) is 0 Å². The van der Waals surface area contributed by atoms with Crippen LogP contribution in [0.1, 0.15) is 0 Å². The number of nitrogen functional groups attached to an aromatic ring is 1. The number of nitrogens with one attached hydrogen (secondary N) is 1. The van der Waals surface area contributed by atoms with Gasteiger partial charge in [-0.25, -0.2) is 13.2 Å². The van der Waals surface area contributed by atoms with E-state index in [1.54, 1.807) is 0 Å². The predicted molar refractivity (Wildman–Crippen MR) is 65.5 cm³/mol. The molecule has 0 aliphatic carbocycles. The molecule has 94 valence electrons. The van der Waals surface area contributed by atoms with E-state index in [1.807, 2.05) is 0 Å². The zero-order valence-corrected chi connectivity index (χ0v) is 9.73. The summed E-state index contributed by atoms with van der Waals surface area (Å²) in [6.07, 6.45) is 0. The fourth-order valence-corrected chi connectivity index (χ4v) is 1.62. The summed E-state index contributed by atoms with van der Waals surface area (Å²) in [6, 6.07) is 5.75. The van der Waals surface area contributed by atoms with E-state index in [9.17, 15) is 13.2 Å². The molecule has 2 aromatic rings. The SMILES string of the molecule is Nc1cc(Cl)ccc1Nc1cc(F)cc(F)c1F. The lowest BCUT2D eigenvalue weighted by atomic mass is 10.2. The molecule has 2 nitrogen and oxygen atoms in total. The second-order valence-electron chi connectivity index (χ2n) is 3.61. The molecule has 18 heavy (non-hydrogen) atoms. The zero-order valence-electron chi connectivity index (χ0n) is 8.98. The van der Waals surface area contributed by atoms with Crippen LogP contribution in [0.4, 0.5) is 30.2 Å². The first kappa shape index (κ1) is 12.6. The monoisotopic (exact) mass is 272 g/mol. The van der Waals surface area contributed by atoms with Gasteiger partial charge in [-0.15, -0.1) is 0 Å². The van der Waals surface area contributed by atoms with Gasteiger partial charge in [0.1, 0.15) is 5.82 Å². The van der Waals surface area contributed by atoms with Crippen LogP contribution < -0.4 is 11.1 Å². The van der Waals surface area contributed by atoms with Gasteiger partial charge in [0.05, 0.1) is 17.1 Å². The van der Waals surface area contributed by atoms with E-state index >= 15 is 0 Å². The van der Waals surface area contributed by atoms with Crippen LogP contribution in [0.5, 0.6) is 0 Å². The van der Waals surface area contributed by atoms with Crippen LogP contribution in [0, 0.1) is 17.5 Å². The third-order valence-corrected chi connectivity index (χ3v) is 2.51. The maximum atomic E-state index is 13.4. The Morgan fingerprint density at radius 2 is 1.72 bits per heavy atom. The van der Waals surface area contributed by atoms with Crippen molar-refractivity contribution < 1.29 is 13.2 Å². The highest BCUT2D eigenvalue weighted by atomic mass is 35.5. The molecule has 0 radical (unpaired) electrons. The quantitative estimate of drug-likeness (QED) is 0.638. The third kappa shape index (κ3) is 2.51. The van der Waals surface area contributed by atoms with Crippen LogP contribution >= 0.6 is 11.6 Å². The molecule has 0 fully saturated rings. The van der Waals surface area contributed by atoms with Crippen molar-refractivity contribution in [3.05, 3.63) is 52.8 Å². The molecule has 0 heterocycles. The molecule has 2 aromatic carbocycles. The maximum absolute atomic E-state index is 13.4. The van der Waals surface area contributed by atoms with Gasteiger partial charge in [-0.3, -0.25) is 0 Å². The molecule has 0 aliphatic rings. The molecular formula is C12H8ClF3N2. The molecule has 6 heteroatoms. The number of nitrogens with two attached hydrogens (primary N) is 1. The Labute approximate surface area is 106 Å². The molecule has 0 atom stereocenters. The normalized spacial score (nSPS) is 10.4. The Bertz CT molecular complexity index is 602. The van der Waals surface area contributed by atoms with E-state index in [4.69, 9.17) is 17.3 Å². The molecule has 2 rings (SSSR count). The number of hydrogen-bond acceptors (Lipinski definition) is 2. The van der Waals surface area contributed by atoms with Crippen molar-refractivity contribution in [2.75, 3.05) is 11.1 Å². The van der Waals surface area contributed by atoms with Gasteiger partial charge in [-0.1, -0.05) is 11.6 Å². The van der Waals surface area contributed by atoms with Crippen molar-refractivity contribution in [2.24, 2.45) is 0 Å². The molecule has 3 N–H and O–H groups in total. The van der Waals surface area contributed by atoms with Crippen molar-refractivity contribution >= 4 is 28.7 Å². The summed E-state index contributed by atoms with van der Waals surface area (Å²) in [7, 11) is 0. The molecule has 0 spiro atoms. The van der Waals surface area contributed by atoms with Crippen LogP contribution in [0.3, 0.4) is 0 Å². The number of anilines is 3. The van der Waals surface area contributed by atoms with Crippen LogP contribution in [-0.4, -0.2) is 0 Å². The van der Waals surface area contributed by atoms with E-state index < -0.39 is 17.5 Å². The summed E-state index contributed by atoms with van der Waals surface area (Å²) in [6.45, 7) is 0. The minimum absolute atomic E-state index is 0.242. The standard InChI is InChI=1S/C12H8ClF3N2/c13-6-1-2-10(9(17)3-6)18-11-5-7(14)4-8(15)12(11)16/h1-5,18H,17H2. The van der Waals surface area contributed by atoms with Crippen molar-refractivity contribution in [2.45, 2.75) is 0 Å².